The van der Waals surface area contributed by atoms with Crippen molar-refractivity contribution in [2.45, 2.75) is 12.3 Å². The van der Waals surface area contributed by atoms with E-state index in [0.717, 1.165) is 4.88 Å². The van der Waals surface area contributed by atoms with Gasteiger partial charge in [0.1, 0.15) is 5.37 Å². The van der Waals surface area contributed by atoms with Crippen molar-refractivity contribution in [2.75, 3.05) is 25.4 Å². The Morgan fingerprint density at radius 2 is 2.09 bits per heavy atom. The van der Waals surface area contributed by atoms with E-state index in [0.29, 0.717) is 25.4 Å². The third-order valence-corrected chi connectivity index (χ3v) is 6.94. The van der Waals surface area contributed by atoms with Crippen LogP contribution >= 0.6 is 34.4 Å². The topological polar surface area (TPSA) is 40.6 Å². The first-order valence-electron chi connectivity index (χ1n) is 7.48. The summed E-state index contributed by atoms with van der Waals surface area (Å²) in [5.41, 5.74) is 0. The minimum absolute atomic E-state index is 0.0504. The molecular weight excluding hydrogens is 348 g/mol. The number of carbonyl (C=O) groups excluding carboxylic acids is 2. The third kappa shape index (κ3) is 3.62. The first kappa shape index (κ1) is 16.5. The summed E-state index contributed by atoms with van der Waals surface area (Å²) in [4.78, 5) is 30.3. The molecule has 0 aliphatic carbocycles. The van der Waals surface area contributed by atoms with Crippen LogP contribution in [-0.2, 0) is 4.79 Å². The molecule has 2 aromatic heterocycles. The Kier molecular flexibility index (Phi) is 5.40. The number of hydrogen-bond donors (Lipinski definition) is 0. The first-order valence-corrected chi connectivity index (χ1v) is 10.3. The van der Waals surface area contributed by atoms with Gasteiger partial charge in [0.05, 0.1) is 10.6 Å². The molecule has 0 aromatic carbocycles. The number of rotatable bonds is 6. The summed E-state index contributed by atoms with van der Waals surface area (Å²) in [6.45, 7) is 3.78. The largest absolute Gasteiger partial charge is 0.336 e. The van der Waals surface area contributed by atoms with Gasteiger partial charge in [-0.05, 0) is 29.8 Å². The van der Waals surface area contributed by atoms with E-state index in [2.05, 4.69) is 6.07 Å². The molecule has 1 aliphatic heterocycles. The van der Waals surface area contributed by atoms with Gasteiger partial charge in [-0.3, -0.25) is 9.59 Å². The molecule has 0 unspecified atom stereocenters. The van der Waals surface area contributed by atoms with Crippen LogP contribution in [0.4, 0.5) is 0 Å². The highest BCUT2D eigenvalue weighted by Crippen LogP contribution is 2.40. The van der Waals surface area contributed by atoms with Gasteiger partial charge in [-0.1, -0.05) is 12.1 Å². The maximum Gasteiger partial charge on any atom is 0.263 e. The van der Waals surface area contributed by atoms with Gasteiger partial charge in [0, 0.05) is 24.5 Å². The molecule has 0 spiro atoms. The lowest BCUT2D eigenvalue weighted by Crippen LogP contribution is -2.39. The Bertz CT molecular complexity index is 655. The number of thioether (sulfide) groups is 1. The summed E-state index contributed by atoms with van der Waals surface area (Å²) in [7, 11) is 0. The summed E-state index contributed by atoms with van der Waals surface area (Å²) in [5.74, 6) is 0.732. The van der Waals surface area contributed by atoms with Crippen molar-refractivity contribution in [3.63, 3.8) is 0 Å². The molecule has 2 amide bonds. The van der Waals surface area contributed by atoms with E-state index >= 15 is 0 Å². The van der Waals surface area contributed by atoms with E-state index < -0.39 is 0 Å². The van der Waals surface area contributed by atoms with Crippen molar-refractivity contribution in [3.05, 3.63) is 44.8 Å². The average Bonchev–Trinajstić information content (AvgIpc) is 3.29. The second-order valence-corrected chi connectivity index (χ2v) is 8.12. The lowest BCUT2D eigenvalue weighted by Gasteiger charge is -2.27. The number of nitrogens with zero attached hydrogens (tertiary/aromatic N) is 2. The van der Waals surface area contributed by atoms with Crippen LogP contribution in [0.3, 0.4) is 0 Å². The molecule has 0 saturated carbocycles. The minimum Gasteiger partial charge on any atom is -0.336 e. The van der Waals surface area contributed by atoms with Crippen LogP contribution in [0.15, 0.2) is 35.0 Å². The second kappa shape index (κ2) is 7.51. The van der Waals surface area contributed by atoms with Gasteiger partial charge in [0.25, 0.3) is 5.91 Å². The van der Waals surface area contributed by atoms with Crippen molar-refractivity contribution in [3.8, 4) is 0 Å². The molecule has 1 atom stereocenters. The number of hydrogen-bond acceptors (Lipinski definition) is 5. The van der Waals surface area contributed by atoms with Crippen molar-refractivity contribution in [1.29, 1.82) is 0 Å². The zero-order valence-electron chi connectivity index (χ0n) is 12.8. The normalized spacial score (nSPS) is 17.7. The Morgan fingerprint density at radius 1 is 1.30 bits per heavy atom. The van der Waals surface area contributed by atoms with Crippen molar-refractivity contribution in [2.24, 2.45) is 0 Å². The molecule has 4 nitrogen and oxygen atoms in total. The lowest BCUT2D eigenvalue weighted by molar-refractivity contribution is -0.128. The smallest absolute Gasteiger partial charge is 0.263 e. The van der Waals surface area contributed by atoms with Gasteiger partial charge in [-0.25, -0.2) is 0 Å². The van der Waals surface area contributed by atoms with Crippen molar-refractivity contribution >= 4 is 46.2 Å². The van der Waals surface area contributed by atoms with E-state index in [1.807, 2.05) is 45.7 Å². The maximum absolute atomic E-state index is 12.5. The van der Waals surface area contributed by atoms with Gasteiger partial charge in [0.2, 0.25) is 5.91 Å². The van der Waals surface area contributed by atoms with Gasteiger partial charge >= 0.3 is 0 Å². The third-order valence-electron chi connectivity index (χ3n) is 3.77. The summed E-state index contributed by atoms with van der Waals surface area (Å²) in [5, 5.41) is 4.04. The highest BCUT2D eigenvalue weighted by atomic mass is 32.2. The van der Waals surface area contributed by atoms with Crippen LogP contribution in [0.5, 0.6) is 0 Å². The average molecular weight is 367 g/mol. The highest BCUT2D eigenvalue weighted by molar-refractivity contribution is 8.00. The fourth-order valence-electron chi connectivity index (χ4n) is 2.55. The van der Waals surface area contributed by atoms with Crippen LogP contribution in [0, 0.1) is 0 Å². The number of thiophene rings is 2. The molecule has 0 bridgehead atoms. The van der Waals surface area contributed by atoms with E-state index in [1.54, 1.807) is 23.1 Å². The molecule has 1 aliphatic rings. The summed E-state index contributed by atoms with van der Waals surface area (Å²) >= 11 is 4.80. The fraction of sp³-hybridized carbons (Fsp3) is 0.375. The highest BCUT2D eigenvalue weighted by Gasteiger charge is 2.33. The molecule has 1 fully saturated rings. The molecule has 7 heteroatoms. The zero-order chi connectivity index (χ0) is 16.2. The van der Waals surface area contributed by atoms with Gasteiger partial charge in [-0.2, -0.15) is 0 Å². The zero-order valence-corrected chi connectivity index (χ0v) is 15.3. The molecule has 3 rings (SSSR count). The number of amides is 2. The lowest BCUT2D eigenvalue weighted by atomic mass is 10.3. The maximum atomic E-state index is 12.5. The van der Waals surface area contributed by atoms with Crippen LogP contribution in [0.1, 0.15) is 26.8 Å². The number of likely N-dealkylation sites (N-methyl/N-ethyl adjacent to an activating group) is 1. The van der Waals surface area contributed by atoms with Crippen LogP contribution in [0.25, 0.3) is 0 Å². The molecule has 1 saturated heterocycles. The standard InChI is InChI=1S/C16H18N2O2S3/c1-2-17(15(20)12-5-3-9-21-12)7-8-18-14(19)11-23-16(18)13-6-4-10-22-13/h3-6,9-10,16H,2,7-8,11H2,1H3/t16-/m1/s1. The Labute approximate surface area is 148 Å². The second-order valence-electron chi connectivity index (χ2n) is 5.13. The molecular formula is C16H18N2O2S3. The van der Waals surface area contributed by atoms with E-state index in [-0.39, 0.29) is 17.2 Å². The summed E-state index contributed by atoms with van der Waals surface area (Å²) < 4.78 is 0. The summed E-state index contributed by atoms with van der Waals surface area (Å²) in [6.07, 6.45) is 0. The van der Waals surface area contributed by atoms with E-state index in [1.165, 1.54) is 16.2 Å². The van der Waals surface area contributed by atoms with Gasteiger partial charge < -0.3 is 9.80 Å². The molecule has 2 aromatic rings. The van der Waals surface area contributed by atoms with Crippen molar-refractivity contribution < 1.29 is 9.59 Å². The van der Waals surface area contributed by atoms with Crippen LogP contribution in [0.2, 0.25) is 0 Å². The molecule has 0 radical (unpaired) electrons. The van der Waals surface area contributed by atoms with Crippen LogP contribution < -0.4 is 0 Å². The molecule has 0 N–H and O–H groups in total. The Morgan fingerprint density at radius 3 is 2.74 bits per heavy atom. The minimum atomic E-state index is 0.0504. The van der Waals surface area contributed by atoms with E-state index in [9.17, 15) is 9.59 Å². The SMILES string of the molecule is CCN(CCN1C(=O)CS[C@@H]1c1cccs1)C(=O)c1cccs1. The molecule has 3 heterocycles. The predicted molar refractivity (Wildman–Crippen MR) is 97.1 cm³/mol. The Hall–Kier alpha value is -1.31. The van der Waals surface area contributed by atoms with Crippen LogP contribution in [-0.4, -0.2) is 47.0 Å². The first-order chi connectivity index (χ1) is 11.2. The number of carbonyl (C=O) groups is 2. The summed E-state index contributed by atoms with van der Waals surface area (Å²) in [6, 6.07) is 7.82. The van der Waals surface area contributed by atoms with E-state index in [4.69, 9.17) is 0 Å². The predicted octanol–water partition coefficient (Wildman–Crippen LogP) is 3.55. The van der Waals surface area contributed by atoms with Crippen molar-refractivity contribution in [1.82, 2.24) is 9.80 Å². The molecule has 122 valence electrons. The fourth-order valence-corrected chi connectivity index (χ4v) is 5.44. The van der Waals surface area contributed by atoms with Gasteiger partial charge in [-0.15, -0.1) is 34.4 Å². The molecule has 23 heavy (non-hydrogen) atoms. The quantitative estimate of drug-likeness (QED) is 0.785. The Balaban J connectivity index is 1.65. The van der Waals surface area contributed by atoms with Gasteiger partial charge in [0.15, 0.2) is 0 Å². The monoisotopic (exact) mass is 366 g/mol.